The van der Waals surface area contributed by atoms with Gasteiger partial charge in [-0.3, -0.25) is 19.1 Å². The molecule has 1 heterocycles. The zero-order valence-electron chi connectivity index (χ0n) is 33.2. The van der Waals surface area contributed by atoms with Crippen molar-refractivity contribution in [3.8, 4) is 5.75 Å². The molecule has 0 bridgehead atoms. The number of hydrogen-bond acceptors (Lipinski definition) is 23. The van der Waals surface area contributed by atoms with Crippen molar-refractivity contribution in [2.75, 3.05) is 28.3 Å². The number of carbonyl (C=O) groups excluding carboxylic acids is 1. The van der Waals surface area contributed by atoms with Crippen molar-refractivity contribution < 1.29 is 158 Å². The zero-order chi connectivity index (χ0) is 43.6. The van der Waals surface area contributed by atoms with Crippen molar-refractivity contribution in [3.63, 3.8) is 0 Å². The number of phenols is 1. The number of benzene rings is 5. The molecule has 0 radical (unpaired) electrons. The van der Waals surface area contributed by atoms with Crippen LogP contribution >= 0.6 is 24.1 Å². The van der Waals surface area contributed by atoms with Gasteiger partial charge in [0.25, 0.3) is 5.91 Å². The third-order valence-corrected chi connectivity index (χ3v) is 11.0. The predicted octanol–water partition coefficient (Wildman–Crippen LogP) is -4.25. The van der Waals surface area contributed by atoms with Gasteiger partial charge in [0.15, 0.2) is 15.6 Å². The minimum absolute atomic E-state index is 0. The molecule has 1 aromatic heterocycles. The summed E-state index contributed by atoms with van der Waals surface area (Å²) in [6.45, 7) is -0.900. The van der Waals surface area contributed by atoms with Gasteiger partial charge in [-0.25, -0.2) is 16.8 Å². The van der Waals surface area contributed by atoms with Gasteiger partial charge >= 0.3 is 94.8 Å². The van der Waals surface area contributed by atoms with E-state index in [2.05, 4.69) is 64.1 Å². The minimum Gasteiger partial charge on any atom is -0.726 e. The summed E-state index contributed by atoms with van der Waals surface area (Å²) in [5.41, 5.74) is 0.721. The van der Waals surface area contributed by atoms with Crippen LogP contribution in [0.1, 0.15) is 10.4 Å². The van der Waals surface area contributed by atoms with Gasteiger partial charge in [0.2, 0.25) is 22.3 Å². The van der Waals surface area contributed by atoms with E-state index < -0.39 is 50.3 Å². The van der Waals surface area contributed by atoms with Gasteiger partial charge in [0.05, 0.1) is 51.9 Å². The standard InChI is InChI=1S/C34H27FN8O14S4.3Na/c35-32-39-33(37-21-5-2-8-25(16-21)58-56-54-46)41-34(40-32)38-23-11-10-19-15-28(59-57-55-47)29(30(44)27(19)18-23)43-42-24-7-1-4-20(14-24)31(45)36-22-6-3-9-26(17-22)60(48,49)13-12-53-61(50,51)52;;;/h1-11,14-18,44,46-47H,12-13H2,(H,36,45)(H,50,51,52)(H2,37,38,39,40,41);;;/q;3*+1/p-3. The van der Waals surface area contributed by atoms with E-state index >= 15 is 0 Å². The summed E-state index contributed by atoms with van der Waals surface area (Å²) < 4.78 is 84.6. The third kappa shape index (κ3) is 16.1. The fraction of sp³-hybridized carbons (Fsp3) is 0.0588. The molecule has 318 valence electrons. The molecule has 0 saturated carbocycles. The number of anilines is 5. The zero-order valence-corrected chi connectivity index (χ0v) is 42.4. The second-order valence-corrected chi connectivity index (χ2v) is 16.4. The molecule has 0 aliphatic carbocycles. The fourth-order valence-electron chi connectivity index (χ4n) is 5.18. The van der Waals surface area contributed by atoms with E-state index in [1.54, 1.807) is 36.4 Å². The van der Waals surface area contributed by atoms with E-state index in [4.69, 9.17) is 0 Å². The van der Waals surface area contributed by atoms with Crippen LogP contribution in [0.15, 0.2) is 122 Å². The van der Waals surface area contributed by atoms with Gasteiger partial charge in [0, 0.05) is 32.9 Å². The Morgan fingerprint density at radius 3 is 2.12 bits per heavy atom. The number of aromatic nitrogens is 3. The first-order valence-electron chi connectivity index (χ1n) is 16.6. The first kappa shape index (κ1) is 55.4. The number of sulfone groups is 1. The summed E-state index contributed by atoms with van der Waals surface area (Å²) in [6, 6.07) is 23.3. The molecular weight excluding hydrogens is 961 g/mol. The molecule has 5 aromatic carbocycles. The number of hydrogen-bond donors (Lipinski definition) is 4. The van der Waals surface area contributed by atoms with Crippen LogP contribution in [0.25, 0.3) is 10.8 Å². The van der Waals surface area contributed by atoms with Crippen LogP contribution in [-0.2, 0) is 43.2 Å². The Morgan fingerprint density at radius 1 is 0.766 bits per heavy atom. The molecule has 6 rings (SSSR count). The molecule has 0 fully saturated rings. The molecule has 30 heteroatoms. The van der Waals surface area contributed by atoms with Crippen molar-refractivity contribution >= 4 is 101 Å². The summed E-state index contributed by atoms with van der Waals surface area (Å²) >= 11 is 1.06. The Balaban J connectivity index is 0.00000363. The quantitative estimate of drug-likeness (QED) is 0.0114. The molecule has 0 aliphatic heterocycles. The molecule has 1 amide bonds. The second kappa shape index (κ2) is 25.8. The number of azo groups is 1. The molecule has 0 saturated heterocycles. The maximum atomic E-state index is 14.5. The Bertz CT molecular complexity index is 2840. The molecule has 22 nitrogen and oxygen atoms in total. The van der Waals surface area contributed by atoms with Crippen LogP contribution in [0, 0.1) is 6.08 Å². The summed E-state index contributed by atoms with van der Waals surface area (Å²) in [4.78, 5) is 24.9. The Labute approximate surface area is 437 Å². The number of nitrogens with one attached hydrogen (secondary N) is 3. The van der Waals surface area contributed by atoms with Crippen LogP contribution in [-0.4, -0.2) is 59.7 Å². The van der Waals surface area contributed by atoms with Crippen LogP contribution in [0.3, 0.4) is 0 Å². The summed E-state index contributed by atoms with van der Waals surface area (Å²) in [5, 5.41) is 56.2. The predicted molar refractivity (Wildman–Crippen MR) is 207 cm³/mol. The number of halogens is 1. The topological polar surface area (TPSA) is 320 Å². The average Bonchev–Trinajstić information content (AvgIpc) is 3.21. The normalized spacial score (nSPS) is 11.3. The summed E-state index contributed by atoms with van der Waals surface area (Å²) in [6.07, 6.45) is -1.13. The Morgan fingerprint density at radius 2 is 1.42 bits per heavy atom. The first-order chi connectivity index (χ1) is 29.2. The molecular formula is C34H24FN8Na3O14S4. The molecule has 0 unspecified atom stereocenters. The van der Waals surface area contributed by atoms with E-state index in [9.17, 15) is 46.2 Å². The SMILES string of the molecule is O=C(Nc1cccc(S(=O)(=O)CCOS(=O)(=O)[O-])c1)c1cccc(N=Nc2c(SOO[O-])cc3ccc(Nc4nc(F)nc(Nc5cccc(SOO[O-])c5)n4)cc3c2O)c1.[Na+].[Na+].[Na+]. The summed E-state index contributed by atoms with van der Waals surface area (Å²) in [7, 11) is -9.21. The maximum absolute atomic E-state index is 14.5. The molecule has 0 spiro atoms. The van der Waals surface area contributed by atoms with Crippen LogP contribution in [0.4, 0.5) is 44.7 Å². The number of rotatable bonds is 19. The first-order valence-corrected chi connectivity index (χ1v) is 21.0. The molecule has 4 N–H and O–H groups in total. The Kier molecular flexibility index (Phi) is 22.3. The van der Waals surface area contributed by atoms with Crippen molar-refractivity contribution in [2.45, 2.75) is 14.7 Å². The number of fused-ring (bicyclic) bond motifs is 1. The van der Waals surface area contributed by atoms with E-state index in [-0.39, 0.29) is 144 Å². The van der Waals surface area contributed by atoms with Crippen LogP contribution < -0.4 is 115 Å². The molecule has 0 aliphatic rings. The molecule has 0 atom stereocenters. The van der Waals surface area contributed by atoms with E-state index in [1.807, 2.05) is 0 Å². The molecule has 64 heavy (non-hydrogen) atoms. The number of aromatic hydroxyl groups is 1. The number of carbonyl (C=O) groups is 1. The van der Waals surface area contributed by atoms with Crippen molar-refractivity contribution in [1.29, 1.82) is 0 Å². The third-order valence-electron chi connectivity index (χ3n) is 7.72. The largest absolute Gasteiger partial charge is 1.00 e. The van der Waals surface area contributed by atoms with E-state index in [0.717, 1.165) is 6.07 Å². The monoisotopic (exact) mass is 984 g/mol. The maximum Gasteiger partial charge on any atom is 1.00 e. The van der Waals surface area contributed by atoms with Crippen molar-refractivity contribution in [3.05, 3.63) is 109 Å². The van der Waals surface area contributed by atoms with Gasteiger partial charge in [-0.1, -0.05) is 24.3 Å². The van der Waals surface area contributed by atoms with Gasteiger partial charge in [0.1, 0.15) is 5.69 Å². The van der Waals surface area contributed by atoms with Gasteiger partial charge < -0.3 is 36.1 Å². The fourth-order valence-corrected chi connectivity index (χ4v) is 7.61. The van der Waals surface area contributed by atoms with Gasteiger partial charge in [-0.15, -0.1) is 5.11 Å². The van der Waals surface area contributed by atoms with E-state index in [0.29, 0.717) is 40.1 Å². The second-order valence-electron chi connectivity index (χ2n) is 11.8. The molecule has 6 aromatic rings. The van der Waals surface area contributed by atoms with Crippen molar-refractivity contribution in [1.82, 2.24) is 15.0 Å². The van der Waals surface area contributed by atoms with Crippen molar-refractivity contribution in [2.24, 2.45) is 10.2 Å². The van der Waals surface area contributed by atoms with Gasteiger partial charge in [-0.2, -0.15) is 33.1 Å². The van der Waals surface area contributed by atoms with Crippen LogP contribution in [0.5, 0.6) is 5.75 Å². The van der Waals surface area contributed by atoms with Crippen LogP contribution in [0.2, 0.25) is 0 Å². The van der Waals surface area contributed by atoms with Gasteiger partial charge in [-0.05, 0) is 78.2 Å². The average molecular weight is 985 g/mol. The summed E-state index contributed by atoms with van der Waals surface area (Å²) in [5.74, 6) is -2.36. The number of nitrogens with zero attached hydrogens (tertiary/aromatic N) is 5. The smallest absolute Gasteiger partial charge is 0.726 e. The number of phenolic OH excluding ortho intramolecular Hbond substituents is 1. The van der Waals surface area contributed by atoms with E-state index in [1.165, 1.54) is 54.6 Å². The Hall–Kier alpha value is -2.95. The minimum atomic E-state index is -5.10. The number of amides is 1.